The van der Waals surface area contributed by atoms with Gasteiger partial charge in [-0.3, -0.25) is 4.98 Å². The number of nitrogen functional groups attached to an aromatic ring is 1. The Morgan fingerprint density at radius 3 is 2.54 bits per heavy atom. The van der Waals surface area contributed by atoms with Crippen LogP contribution in [-0.4, -0.2) is 4.98 Å². The number of pyridine rings is 1. The Hall–Kier alpha value is -1.83. The lowest BCUT2D eigenvalue weighted by Gasteiger charge is -2.02. The van der Waals surface area contributed by atoms with Crippen LogP contribution in [0.5, 0.6) is 0 Å². The molecule has 0 saturated carbocycles. The van der Waals surface area contributed by atoms with Gasteiger partial charge < -0.3 is 5.73 Å². The van der Waals surface area contributed by atoms with Crippen molar-refractivity contribution in [2.45, 2.75) is 0 Å². The highest BCUT2D eigenvalue weighted by Crippen LogP contribution is 2.22. The quantitative estimate of drug-likeness (QED) is 0.710. The number of benzene rings is 1. The van der Waals surface area contributed by atoms with Crippen molar-refractivity contribution in [2.75, 3.05) is 5.73 Å². The molecule has 0 spiro atoms. The number of anilines is 1. The second-order valence-corrected chi connectivity index (χ2v) is 2.75. The first-order chi connectivity index (χ1) is 6.38. The minimum atomic E-state index is 0.709. The maximum Gasteiger partial charge on any atom is 0.0992 e. The van der Waals surface area contributed by atoms with Gasteiger partial charge in [0.05, 0.1) is 6.20 Å². The first-order valence-electron chi connectivity index (χ1n) is 4.05. The fourth-order valence-corrected chi connectivity index (χ4v) is 1.20. The molecule has 0 bridgehead atoms. The van der Waals surface area contributed by atoms with Gasteiger partial charge in [0, 0.05) is 17.4 Å². The summed E-state index contributed by atoms with van der Waals surface area (Å²) in [5, 5.41) is 0. The summed E-state index contributed by atoms with van der Waals surface area (Å²) in [7, 11) is 0. The Labute approximate surface area is 77.0 Å². The maximum atomic E-state index is 5.78. The fourth-order valence-electron chi connectivity index (χ4n) is 1.20. The molecule has 0 unspecified atom stereocenters. The van der Waals surface area contributed by atoms with Crippen LogP contribution in [0, 0.1) is 6.20 Å². The Morgan fingerprint density at radius 1 is 1.08 bits per heavy atom. The third kappa shape index (κ3) is 1.51. The van der Waals surface area contributed by atoms with Crippen LogP contribution in [0.4, 0.5) is 5.69 Å². The van der Waals surface area contributed by atoms with Crippen molar-refractivity contribution in [1.29, 1.82) is 0 Å². The molecule has 0 saturated heterocycles. The smallest absolute Gasteiger partial charge is 0.0992 e. The van der Waals surface area contributed by atoms with E-state index in [1.54, 1.807) is 12.3 Å². The third-order valence-corrected chi connectivity index (χ3v) is 1.86. The fraction of sp³-hybridized carbons (Fsp3) is 0. The van der Waals surface area contributed by atoms with Crippen LogP contribution in [0.2, 0.25) is 0 Å². The lowest BCUT2D eigenvalue weighted by Crippen LogP contribution is -1.90. The van der Waals surface area contributed by atoms with E-state index < -0.39 is 0 Å². The van der Waals surface area contributed by atoms with E-state index in [0.717, 1.165) is 11.1 Å². The van der Waals surface area contributed by atoms with Gasteiger partial charge in [0.25, 0.3) is 0 Å². The van der Waals surface area contributed by atoms with Gasteiger partial charge in [0.2, 0.25) is 0 Å². The van der Waals surface area contributed by atoms with Gasteiger partial charge in [-0.15, -0.1) is 0 Å². The van der Waals surface area contributed by atoms with E-state index >= 15 is 0 Å². The second kappa shape index (κ2) is 3.27. The molecule has 1 aromatic carbocycles. The second-order valence-electron chi connectivity index (χ2n) is 2.75. The predicted molar refractivity (Wildman–Crippen MR) is 52.9 cm³/mol. The average Bonchev–Trinajstić information content (AvgIpc) is 2.20. The first-order valence-corrected chi connectivity index (χ1v) is 4.05. The van der Waals surface area contributed by atoms with Gasteiger partial charge in [-0.2, -0.15) is 0 Å². The molecule has 13 heavy (non-hydrogen) atoms. The summed E-state index contributed by atoms with van der Waals surface area (Å²) in [5.74, 6) is 0. The molecule has 2 aromatic rings. The van der Waals surface area contributed by atoms with Gasteiger partial charge in [0.1, 0.15) is 0 Å². The molecule has 0 aliphatic rings. The summed E-state index contributed by atoms with van der Waals surface area (Å²) in [4.78, 5) is 3.92. The van der Waals surface area contributed by atoms with Crippen LogP contribution in [0.1, 0.15) is 0 Å². The Kier molecular flexibility index (Phi) is 1.96. The van der Waals surface area contributed by atoms with E-state index in [1.165, 1.54) is 0 Å². The molecule has 0 amide bonds. The summed E-state index contributed by atoms with van der Waals surface area (Å²) in [6, 6.07) is 11.7. The number of nitrogens with two attached hydrogens (primary N) is 1. The van der Waals surface area contributed by atoms with Crippen molar-refractivity contribution in [3.63, 3.8) is 0 Å². The van der Waals surface area contributed by atoms with Gasteiger partial charge >= 0.3 is 0 Å². The molecular weight excluding hydrogens is 160 g/mol. The van der Waals surface area contributed by atoms with Gasteiger partial charge in [0.15, 0.2) is 0 Å². The summed E-state index contributed by atoms with van der Waals surface area (Å²) < 4.78 is 0. The zero-order valence-electron chi connectivity index (χ0n) is 7.07. The zero-order chi connectivity index (χ0) is 9.10. The van der Waals surface area contributed by atoms with Gasteiger partial charge in [-0.1, -0.05) is 30.3 Å². The summed E-state index contributed by atoms with van der Waals surface area (Å²) in [6.45, 7) is 0. The minimum Gasteiger partial charge on any atom is -0.398 e. The third-order valence-electron chi connectivity index (χ3n) is 1.86. The summed E-state index contributed by atoms with van der Waals surface area (Å²) in [6.07, 6.45) is 4.52. The first kappa shape index (κ1) is 7.80. The molecule has 2 rings (SSSR count). The highest BCUT2D eigenvalue weighted by atomic mass is 14.7. The molecule has 1 radical (unpaired) electrons. The van der Waals surface area contributed by atoms with Crippen LogP contribution in [-0.2, 0) is 0 Å². The standard InChI is InChI=1S/C11H9N2/c12-11-6-7-13-8-10(11)9-4-2-1-3-5-9/h1-7H,(H2,12,13). The van der Waals surface area contributed by atoms with E-state index in [9.17, 15) is 0 Å². The Balaban J connectivity index is 2.54. The summed E-state index contributed by atoms with van der Waals surface area (Å²) >= 11 is 0. The van der Waals surface area contributed by atoms with Crippen LogP contribution in [0.15, 0.2) is 42.6 Å². The molecule has 0 aliphatic carbocycles. The normalized spacial score (nSPS) is 9.85. The molecular formula is C11H9N2. The van der Waals surface area contributed by atoms with Crippen molar-refractivity contribution in [1.82, 2.24) is 4.98 Å². The van der Waals surface area contributed by atoms with Crippen LogP contribution in [0.25, 0.3) is 11.1 Å². The average molecular weight is 169 g/mol. The monoisotopic (exact) mass is 169 g/mol. The predicted octanol–water partition coefficient (Wildman–Crippen LogP) is 2.13. The Bertz CT molecular complexity index is 396. The highest BCUT2D eigenvalue weighted by molar-refractivity contribution is 5.74. The number of rotatable bonds is 1. The van der Waals surface area contributed by atoms with Gasteiger partial charge in [-0.05, 0) is 11.6 Å². The van der Waals surface area contributed by atoms with Crippen LogP contribution < -0.4 is 5.73 Å². The molecule has 63 valence electrons. The highest BCUT2D eigenvalue weighted by Gasteiger charge is 2.00. The van der Waals surface area contributed by atoms with Crippen molar-refractivity contribution in [3.8, 4) is 11.1 Å². The Morgan fingerprint density at radius 2 is 1.85 bits per heavy atom. The lowest BCUT2D eigenvalue weighted by molar-refractivity contribution is 1.31. The molecule has 1 heterocycles. The van der Waals surface area contributed by atoms with E-state index in [1.807, 2.05) is 30.3 Å². The molecule has 2 heteroatoms. The summed E-state index contributed by atoms with van der Waals surface area (Å²) in [5.41, 5.74) is 8.40. The molecule has 1 aromatic heterocycles. The molecule has 0 fully saturated rings. The van der Waals surface area contributed by atoms with E-state index in [0.29, 0.717) is 5.69 Å². The van der Waals surface area contributed by atoms with E-state index in [-0.39, 0.29) is 0 Å². The van der Waals surface area contributed by atoms with Crippen molar-refractivity contribution < 1.29 is 0 Å². The largest absolute Gasteiger partial charge is 0.398 e. The van der Waals surface area contributed by atoms with Crippen molar-refractivity contribution >= 4 is 5.69 Å². The number of hydrogen-bond acceptors (Lipinski definition) is 2. The van der Waals surface area contributed by atoms with Gasteiger partial charge in [-0.25, -0.2) is 0 Å². The van der Waals surface area contributed by atoms with E-state index in [4.69, 9.17) is 5.73 Å². The van der Waals surface area contributed by atoms with Crippen LogP contribution in [0.3, 0.4) is 0 Å². The van der Waals surface area contributed by atoms with Crippen molar-refractivity contribution in [3.05, 3.63) is 48.8 Å². The number of hydrogen-bond donors (Lipinski definition) is 1. The number of aromatic nitrogens is 1. The molecule has 0 aliphatic heterocycles. The molecule has 0 atom stereocenters. The molecule has 2 nitrogen and oxygen atoms in total. The minimum absolute atomic E-state index is 0.709. The topological polar surface area (TPSA) is 38.9 Å². The zero-order valence-corrected chi connectivity index (χ0v) is 7.07. The van der Waals surface area contributed by atoms with Crippen LogP contribution >= 0.6 is 0 Å². The lowest BCUT2D eigenvalue weighted by atomic mass is 10.1. The SMILES string of the molecule is Nc1ccn[c]c1-c1ccccc1. The van der Waals surface area contributed by atoms with E-state index in [2.05, 4.69) is 11.2 Å². The maximum absolute atomic E-state index is 5.78. The molecule has 2 N–H and O–H groups in total. The number of nitrogens with zero attached hydrogens (tertiary/aromatic N) is 1. The van der Waals surface area contributed by atoms with Crippen molar-refractivity contribution in [2.24, 2.45) is 0 Å².